The maximum atomic E-state index is 12.7. The number of nitrogens with zero attached hydrogens (tertiary/aromatic N) is 5. The Morgan fingerprint density at radius 1 is 1.24 bits per heavy atom. The molecule has 1 aliphatic heterocycles. The summed E-state index contributed by atoms with van der Waals surface area (Å²) >= 11 is 1.58. The summed E-state index contributed by atoms with van der Waals surface area (Å²) in [6, 6.07) is 5.68. The van der Waals surface area contributed by atoms with E-state index in [0.717, 1.165) is 41.6 Å². The highest BCUT2D eigenvalue weighted by Gasteiger charge is 2.27. The smallest absolute Gasteiger partial charge is 0.246 e. The Balaban J connectivity index is 1.47. The fourth-order valence-electron chi connectivity index (χ4n) is 3.42. The predicted octanol–water partition coefficient (Wildman–Crippen LogP) is 3.80. The molecular formula is C21H22N6OS. The molecule has 1 N–H and O–H groups in total. The SMILES string of the molecule is Cc1nc(/C=C/C(=O)N2CCC[C@H](c3nccnc3Nc3ccccn3)C2)cs1. The van der Waals surface area contributed by atoms with Crippen molar-refractivity contribution >= 4 is 35.0 Å². The highest BCUT2D eigenvalue weighted by molar-refractivity contribution is 7.09. The van der Waals surface area contributed by atoms with Crippen LogP contribution >= 0.6 is 11.3 Å². The lowest BCUT2D eigenvalue weighted by atomic mass is 9.94. The topological polar surface area (TPSA) is 83.9 Å². The Morgan fingerprint density at radius 3 is 2.93 bits per heavy atom. The molecule has 3 aromatic heterocycles. The van der Waals surface area contributed by atoms with Gasteiger partial charge in [0.25, 0.3) is 0 Å². The number of hydrogen-bond acceptors (Lipinski definition) is 7. The van der Waals surface area contributed by atoms with Crippen molar-refractivity contribution in [3.05, 3.63) is 64.6 Å². The molecule has 0 bridgehead atoms. The van der Waals surface area contributed by atoms with Crippen LogP contribution in [-0.4, -0.2) is 43.8 Å². The lowest BCUT2D eigenvalue weighted by molar-refractivity contribution is -0.127. The molecule has 4 rings (SSSR count). The maximum absolute atomic E-state index is 12.7. The van der Waals surface area contributed by atoms with Gasteiger partial charge in [-0.15, -0.1) is 11.3 Å². The first-order valence-electron chi connectivity index (χ1n) is 9.57. The third-order valence-electron chi connectivity index (χ3n) is 4.79. The molecule has 0 aromatic carbocycles. The third kappa shape index (κ3) is 4.83. The van der Waals surface area contributed by atoms with Gasteiger partial charge in [-0.2, -0.15) is 0 Å². The summed E-state index contributed by atoms with van der Waals surface area (Å²) in [5.41, 5.74) is 1.69. The lowest BCUT2D eigenvalue weighted by Crippen LogP contribution is -2.38. The molecule has 1 amide bonds. The van der Waals surface area contributed by atoms with Crippen LogP contribution in [0.5, 0.6) is 0 Å². The monoisotopic (exact) mass is 406 g/mol. The van der Waals surface area contributed by atoms with E-state index in [2.05, 4.69) is 25.3 Å². The molecular weight excluding hydrogens is 384 g/mol. The minimum atomic E-state index is 0.00322. The van der Waals surface area contributed by atoms with Crippen LogP contribution in [0, 0.1) is 6.92 Å². The molecule has 1 saturated heterocycles. The van der Waals surface area contributed by atoms with Gasteiger partial charge in [-0.3, -0.25) is 9.78 Å². The number of rotatable bonds is 5. The van der Waals surface area contributed by atoms with Gasteiger partial charge >= 0.3 is 0 Å². The zero-order chi connectivity index (χ0) is 20.1. The second kappa shape index (κ2) is 8.91. The molecule has 4 heterocycles. The second-order valence-corrected chi connectivity index (χ2v) is 7.94. The van der Waals surface area contributed by atoms with Crippen molar-refractivity contribution in [1.29, 1.82) is 0 Å². The van der Waals surface area contributed by atoms with E-state index in [1.54, 1.807) is 42.1 Å². The first-order chi connectivity index (χ1) is 14.2. The number of aromatic nitrogens is 4. The van der Waals surface area contributed by atoms with Crippen LogP contribution in [0.1, 0.15) is 35.2 Å². The minimum Gasteiger partial charge on any atom is -0.338 e. The molecule has 8 heteroatoms. The molecule has 0 unspecified atom stereocenters. The van der Waals surface area contributed by atoms with Crippen molar-refractivity contribution in [2.45, 2.75) is 25.7 Å². The van der Waals surface area contributed by atoms with E-state index in [-0.39, 0.29) is 11.8 Å². The van der Waals surface area contributed by atoms with E-state index < -0.39 is 0 Å². The zero-order valence-corrected chi connectivity index (χ0v) is 17.0. The fraction of sp³-hybridized carbons (Fsp3) is 0.286. The van der Waals surface area contributed by atoms with E-state index in [1.807, 2.05) is 35.4 Å². The Kier molecular flexibility index (Phi) is 5.90. The van der Waals surface area contributed by atoms with Crippen LogP contribution in [0.2, 0.25) is 0 Å². The summed E-state index contributed by atoms with van der Waals surface area (Å²) < 4.78 is 0. The standard InChI is InChI=1S/C21H22N6OS/c1-15-25-17(14-29-15)7-8-19(28)27-12-4-5-16(13-27)20-21(24-11-10-23-20)26-18-6-2-3-9-22-18/h2-3,6-11,14,16H,4-5,12-13H2,1H3,(H,22,24,26)/b8-7+/t16-/m0/s1. The summed E-state index contributed by atoms with van der Waals surface area (Å²) in [6.07, 6.45) is 10.4. The molecule has 148 valence electrons. The Morgan fingerprint density at radius 2 is 2.14 bits per heavy atom. The number of carbonyl (C=O) groups excluding carboxylic acids is 1. The molecule has 7 nitrogen and oxygen atoms in total. The average Bonchev–Trinajstić information content (AvgIpc) is 3.18. The molecule has 3 aromatic rings. The quantitative estimate of drug-likeness (QED) is 0.649. The summed E-state index contributed by atoms with van der Waals surface area (Å²) in [5.74, 6) is 1.55. The number of carbonyl (C=O) groups is 1. The van der Waals surface area contributed by atoms with E-state index in [9.17, 15) is 4.79 Å². The number of nitrogens with one attached hydrogen (secondary N) is 1. The van der Waals surface area contributed by atoms with Crippen molar-refractivity contribution < 1.29 is 4.79 Å². The predicted molar refractivity (Wildman–Crippen MR) is 114 cm³/mol. The molecule has 0 saturated carbocycles. The second-order valence-electron chi connectivity index (χ2n) is 6.88. The first kappa shape index (κ1) is 19.2. The minimum absolute atomic E-state index is 0.00322. The molecule has 1 atom stereocenters. The molecule has 0 spiro atoms. The summed E-state index contributed by atoms with van der Waals surface area (Å²) in [6.45, 7) is 3.32. The van der Waals surface area contributed by atoms with Crippen LogP contribution in [0.3, 0.4) is 0 Å². The average molecular weight is 407 g/mol. The van der Waals surface area contributed by atoms with Crippen molar-refractivity contribution in [3.8, 4) is 0 Å². The van der Waals surface area contributed by atoms with E-state index in [0.29, 0.717) is 12.4 Å². The van der Waals surface area contributed by atoms with Gasteiger partial charge in [-0.1, -0.05) is 6.07 Å². The van der Waals surface area contributed by atoms with Gasteiger partial charge in [0, 0.05) is 49.1 Å². The normalized spacial score (nSPS) is 16.9. The van der Waals surface area contributed by atoms with Crippen molar-refractivity contribution in [1.82, 2.24) is 24.8 Å². The first-order valence-corrected chi connectivity index (χ1v) is 10.4. The van der Waals surface area contributed by atoms with Gasteiger partial charge in [0.05, 0.1) is 16.4 Å². The van der Waals surface area contributed by atoms with Crippen molar-refractivity contribution in [3.63, 3.8) is 0 Å². The third-order valence-corrected chi connectivity index (χ3v) is 5.58. The zero-order valence-electron chi connectivity index (χ0n) is 16.2. The summed E-state index contributed by atoms with van der Waals surface area (Å²) in [7, 11) is 0. The number of pyridine rings is 1. The number of anilines is 2. The largest absolute Gasteiger partial charge is 0.338 e. The molecule has 0 aliphatic carbocycles. The number of thiazole rings is 1. The summed E-state index contributed by atoms with van der Waals surface area (Å²) in [5, 5.41) is 6.20. The lowest BCUT2D eigenvalue weighted by Gasteiger charge is -2.32. The van der Waals surface area contributed by atoms with Crippen molar-refractivity contribution in [2.75, 3.05) is 18.4 Å². The van der Waals surface area contributed by atoms with Gasteiger partial charge in [-0.25, -0.2) is 15.0 Å². The van der Waals surface area contributed by atoms with Gasteiger partial charge in [0.1, 0.15) is 5.82 Å². The van der Waals surface area contributed by atoms with E-state index >= 15 is 0 Å². The van der Waals surface area contributed by atoms with Crippen LogP contribution in [0.4, 0.5) is 11.6 Å². The highest BCUT2D eigenvalue weighted by atomic mass is 32.1. The maximum Gasteiger partial charge on any atom is 0.246 e. The number of amides is 1. The van der Waals surface area contributed by atoms with Crippen molar-refractivity contribution in [2.24, 2.45) is 0 Å². The fourth-order valence-corrected chi connectivity index (χ4v) is 4.00. The van der Waals surface area contributed by atoms with Crippen LogP contribution < -0.4 is 5.32 Å². The Labute approximate surface area is 173 Å². The number of piperidine rings is 1. The Hall–Kier alpha value is -3.13. The molecule has 0 radical (unpaired) electrons. The van der Waals surface area contributed by atoms with Crippen LogP contribution in [0.25, 0.3) is 6.08 Å². The van der Waals surface area contributed by atoms with E-state index in [1.165, 1.54) is 0 Å². The van der Waals surface area contributed by atoms with Gasteiger partial charge < -0.3 is 10.2 Å². The summed E-state index contributed by atoms with van der Waals surface area (Å²) in [4.78, 5) is 32.3. The van der Waals surface area contributed by atoms with E-state index in [4.69, 9.17) is 0 Å². The number of likely N-dealkylation sites (tertiary alicyclic amines) is 1. The highest BCUT2D eigenvalue weighted by Crippen LogP contribution is 2.30. The number of hydrogen-bond donors (Lipinski definition) is 1. The molecule has 1 aliphatic rings. The van der Waals surface area contributed by atoms with Gasteiger partial charge in [-0.05, 0) is 38.0 Å². The Bertz CT molecular complexity index is 1000. The molecule has 1 fully saturated rings. The molecule has 29 heavy (non-hydrogen) atoms. The van der Waals surface area contributed by atoms with Gasteiger partial charge in [0.15, 0.2) is 5.82 Å². The van der Waals surface area contributed by atoms with Crippen LogP contribution in [-0.2, 0) is 4.79 Å². The van der Waals surface area contributed by atoms with Crippen LogP contribution in [0.15, 0.2) is 48.2 Å². The van der Waals surface area contributed by atoms with Gasteiger partial charge in [0.2, 0.25) is 5.91 Å². The number of aryl methyl sites for hydroxylation is 1.